The van der Waals surface area contributed by atoms with Crippen LogP contribution in [0.1, 0.15) is 18.1 Å². The summed E-state index contributed by atoms with van der Waals surface area (Å²) in [6.45, 7) is 2.19. The second-order valence-electron chi connectivity index (χ2n) is 7.74. The molecular weight excluding hydrogens is 500 g/mol. The SMILES string of the molecule is CCOc1cc(/C=C2\SC(=O)N(Cc3ccc(Cl)cc3)C2=O)ccc1OCC(=O)Nc1ccccc1. The molecule has 1 N–H and O–H groups in total. The van der Waals surface area contributed by atoms with Crippen molar-refractivity contribution in [2.24, 2.45) is 0 Å². The monoisotopic (exact) mass is 522 g/mol. The fourth-order valence-corrected chi connectivity index (χ4v) is 4.39. The number of anilines is 1. The minimum Gasteiger partial charge on any atom is -0.490 e. The highest BCUT2D eigenvalue weighted by Crippen LogP contribution is 2.35. The van der Waals surface area contributed by atoms with Gasteiger partial charge in [-0.05, 0) is 72.3 Å². The van der Waals surface area contributed by atoms with Crippen LogP contribution in [0.3, 0.4) is 0 Å². The molecule has 36 heavy (non-hydrogen) atoms. The van der Waals surface area contributed by atoms with Gasteiger partial charge in [0.1, 0.15) is 0 Å². The number of ether oxygens (including phenoxy) is 2. The second kappa shape index (κ2) is 11.8. The molecule has 1 fully saturated rings. The molecule has 7 nitrogen and oxygen atoms in total. The van der Waals surface area contributed by atoms with Gasteiger partial charge in [-0.1, -0.05) is 48.0 Å². The number of halogens is 1. The van der Waals surface area contributed by atoms with Gasteiger partial charge in [0.2, 0.25) is 0 Å². The number of rotatable bonds is 9. The fraction of sp³-hybridized carbons (Fsp3) is 0.148. The average molecular weight is 523 g/mol. The number of hydrogen-bond donors (Lipinski definition) is 1. The summed E-state index contributed by atoms with van der Waals surface area (Å²) in [6, 6.07) is 21.2. The van der Waals surface area contributed by atoms with E-state index in [4.69, 9.17) is 21.1 Å². The van der Waals surface area contributed by atoms with E-state index in [0.717, 1.165) is 17.3 Å². The molecule has 0 bridgehead atoms. The molecule has 0 spiro atoms. The summed E-state index contributed by atoms with van der Waals surface area (Å²) in [6.07, 6.45) is 1.64. The number of carbonyl (C=O) groups is 3. The van der Waals surface area contributed by atoms with Gasteiger partial charge in [-0.15, -0.1) is 0 Å². The molecule has 4 rings (SSSR count). The van der Waals surface area contributed by atoms with Gasteiger partial charge >= 0.3 is 0 Å². The molecule has 9 heteroatoms. The van der Waals surface area contributed by atoms with Gasteiger partial charge in [0.15, 0.2) is 18.1 Å². The van der Waals surface area contributed by atoms with Crippen molar-refractivity contribution < 1.29 is 23.9 Å². The number of para-hydroxylation sites is 1. The Kier molecular flexibility index (Phi) is 8.30. The summed E-state index contributed by atoms with van der Waals surface area (Å²) in [5.41, 5.74) is 2.15. The summed E-state index contributed by atoms with van der Waals surface area (Å²) >= 11 is 6.80. The molecule has 3 aromatic carbocycles. The highest BCUT2D eigenvalue weighted by molar-refractivity contribution is 8.18. The smallest absolute Gasteiger partial charge is 0.293 e. The number of thioether (sulfide) groups is 1. The van der Waals surface area contributed by atoms with Crippen molar-refractivity contribution >= 4 is 52.2 Å². The lowest BCUT2D eigenvalue weighted by Gasteiger charge is -2.13. The number of nitrogens with one attached hydrogen (secondary N) is 1. The highest BCUT2D eigenvalue weighted by atomic mass is 35.5. The summed E-state index contributed by atoms with van der Waals surface area (Å²) in [7, 11) is 0. The zero-order valence-electron chi connectivity index (χ0n) is 19.4. The first kappa shape index (κ1) is 25.3. The number of hydrogen-bond acceptors (Lipinski definition) is 6. The first-order valence-electron chi connectivity index (χ1n) is 11.2. The molecule has 0 radical (unpaired) electrons. The number of imide groups is 1. The van der Waals surface area contributed by atoms with Gasteiger partial charge in [-0.3, -0.25) is 19.3 Å². The Labute approximate surface area is 218 Å². The van der Waals surface area contributed by atoms with Crippen molar-refractivity contribution in [2.45, 2.75) is 13.5 Å². The standard InChI is InChI=1S/C27H23ClN2O5S/c1-2-34-23-14-19(10-13-22(23)35-17-25(31)29-21-6-4-3-5-7-21)15-24-26(32)30(27(33)36-24)16-18-8-11-20(28)12-9-18/h3-15H,2,16-17H2,1H3,(H,29,31)/b24-15-. The molecule has 3 amide bonds. The second-order valence-corrected chi connectivity index (χ2v) is 9.17. The zero-order chi connectivity index (χ0) is 25.5. The maximum Gasteiger partial charge on any atom is 0.293 e. The molecule has 0 aliphatic carbocycles. The third kappa shape index (κ3) is 6.47. The van der Waals surface area contributed by atoms with Crippen LogP contribution in [0.15, 0.2) is 77.7 Å². The van der Waals surface area contributed by atoms with Crippen molar-refractivity contribution in [3.05, 3.63) is 93.9 Å². The van der Waals surface area contributed by atoms with Crippen LogP contribution in [0.5, 0.6) is 11.5 Å². The van der Waals surface area contributed by atoms with Crippen LogP contribution >= 0.6 is 23.4 Å². The van der Waals surface area contributed by atoms with Gasteiger partial charge < -0.3 is 14.8 Å². The highest BCUT2D eigenvalue weighted by Gasteiger charge is 2.35. The van der Waals surface area contributed by atoms with Crippen molar-refractivity contribution in [1.82, 2.24) is 4.90 Å². The van der Waals surface area contributed by atoms with E-state index in [1.807, 2.05) is 25.1 Å². The zero-order valence-corrected chi connectivity index (χ0v) is 21.0. The molecule has 0 saturated carbocycles. The van der Waals surface area contributed by atoms with E-state index in [1.165, 1.54) is 4.90 Å². The Morgan fingerprint density at radius 1 is 1.00 bits per heavy atom. The third-order valence-corrected chi connectivity index (χ3v) is 6.27. The Bertz CT molecular complexity index is 1300. The topological polar surface area (TPSA) is 84.9 Å². The Morgan fingerprint density at radius 2 is 1.75 bits per heavy atom. The molecule has 0 unspecified atom stereocenters. The number of carbonyl (C=O) groups excluding carboxylic acids is 3. The number of benzene rings is 3. The molecule has 0 atom stereocenters. The van der Waals surface area contributed by atoms with Crippen molar-refractivity contribution in [2.75, 3.05) is 18.5 Å². The van der Waals surface area contributed by atoms with E-state index in [0.29, 0.717) is 39.3 Å². The normalized spacial score (nSPS) is 14.3. The van der Waals surface area contributed by atoms with E-state index in [-0.39, 0.29) is 30.2 Å². The molecule has 1 aliphatic rings. The Morgan fingerprint density at radius 3 is 2.47 bits per heavy atom. The Hall–Kier alpha value is -3.75. The van der Waals surface area contributed by atoms with Crippen molar-refractivity contribution in [3.63, 3.8) is 0 Å². The lowest BCUT2D eigenvalue weighted by Crippen LogP contribution is -2.27. The third-order valence-electron chi connectivity index (χ3n) is 5.11. The summed E-state index contributed by atoms with van der Waals surface area (Å²) in [4.78, 5) is 39.1. The summed E-state index contributed by atoms with van der Waals surface area (Å²) in [5.74, 6) is 0.158. The van der Waals surface area contributed by atoms with Crippen molar-refractivity contribution in [3.8, 4) is 11.5 Å². The molecule has 3 aromatic rings. The maximum absolute atomic E-state index is 12.9. The van der Waals surface area contributed by atoms with Crippen LogP contribution in [0.2, 0.25) is 5.02 Å². The molecule has 1 aliphatic heterocycles. The number of nitrogens with zero attached hydrogens (tertiary/aromatic N) is 1. The van der Waals surface area contributed by atoms with E-state index in [1.54, 1.807) is 60.7 Å². The molecule has 1 heterocycles. The Balaban J connectivity index is 1.44. The lowest BCUT2D eigenvalue weighted by molar-refractivity contribution is -0.123. The minimum absolute atomic E-state index is 0.168. The van der Waals surface area contributed by atoms with Crippen LogP contribution < -0.4 is 14.8 Å². The quantitative estimate of drug-likeness (QED) is 0.347. The fourth-order valence-electron chi connectivity index (χ4n) is 3.42. The van der Waals surface area contributed by atoms with E-state index in [2.05, 4.69) is 5.32 Å². The molecule has 1 saturated heterocycles. The largest absolute Gasteiger partial charge is 0.490 e. The first-order chi connectivity index (χ1) is 17.4. The summed E-state index contributed by atoms with van der Waals surface area (Å²) in [5, 5.41) is 3.01. The predicted molar refractivity (Wildman–Crippen MR) is 141 cm³/mol. The van der Waals surface area contributed by atoms with Gasteiger partial charge in [-0.2, -0.15) is 0 Å². The number of amides is 3. The average Bonchev–Trinajstić information content (AvgIpc) is 3.13. The minimum atomic E-state index is -0.365. The van der Waals surface area contributed by atoms with E-state index < -0.39 is 0 Å². The van der Waals surface area contributed by atoms with Crippen LogP contribution in [-0.4, -0.2) is 35.2 Å². The van der Waals surface area contributed by atoms with Crippen LogP contribution in [-0.2, 0) is 16.1 Å². The molecule has 0 aromatic heterocycles. The van der Waals surface area contributed by atoms with E-state index >= 15 is 0 Å². The van der Waals surface area contributed by atoms with E-state index in [9.17, 15) is 14.4 Å². The molecule has 184 valence electrons. The van der Waals surface area contributed by atoms with Crippen LogP contribution in [0.4, 0.5) is 10.5 Å². The summed E-state index contributed by atoms with van der Waals surface area (Å²) < 4.78 is 11.4. The van der Waals surface area contributed by atoms with Crippen LogP contribution in [0.25, 0.3) is 6.08 Å². The van der Waals surface area contributed by atoms with Gasteiger partial charge in [0.05, 0.1) is 18.1 Å². The van der Waals surface area contributed by atoms with Gasteiger partial charge in [0, 0.05) is 10.7 Å². The predicted octanol–water partition coefficient (Wildman–Crippen LogP) is 5.99. The van der Waals surface area contributed by atoms with Gasteiger partial charge in [0.25, 0.3) is 17.1 Å². The maximum atomic E-state index is 12.9. The lowest BCUT2D eigenvalue weighted by atomic mass is 10.1. The van der Waals surface area contributed by atoms with Crippen molar-refractivity contribution in [1.29, 1.82) is 0 Å². The molecular formula is C27H23ClN2O5S. The first-order valence-corrected chi connectivity index (χ1v) is 12.4. The van der Waals surface area contributed by atoms with Gasteiger partial charge in [-0.25, -0.2) is 0 Å². The van der Waals surface area contributed by atoms with Crippen LogP contribution in [0, 0.1) is 0 Å².